The number of carboxylic acids is 1. The Hall–Kier alpha value is -1.59. The Labute approximate surface area is 113 Å². The van der Waals surface area contributed by atoms with Gasteiger partial charge in [-0.15, -0.1) is 0 Å². The maximum absolute atomic E-state index is 11.3. The Morgan fingerprint density at radius 1 is 1.05 bits per heavy atom. The zero-order chi connectivity index (χ0) is 14.7. The molecule has 0 saturated carbocycles. The van der Waals surface area contributed by atoms with Gasteiger partial charge < -0.3 is 10.4 Å². The van der Waals surface area contributed by atoms with Crippen LogP contribution in [-0.2, 0) is 9.59 Å². The molecule has 3 amide bonds. The van der Waals surface area contributed by atoms with Gasteiger partial charge in [-0.05, 0) is 31.6 Å². The molecule has 19 heavy (non-hydrogen) atoms. The molecular weight excluding hydrogens is 248 g/mol. The number of aliphatic carboxylic acids is 1. The highest BCUT2D eigenvalue weighted by molar-refractivity contribution is 5.94. The van der Waals surface area contributed by atoms with Crippen LogP contribution in [0, 0.1) is 5.92 Å². The van der Waals surface area contributed by atoms with Crippen LogP contribution < -0.4 is 10.6 Å². The van der Waals surface area contributed by atoms with Crippen molar-refractivity contribution in [2.45, 2.75) is 52.4 Å². The van der Waals surface area contributed by atoms with E-state index in [1.54, 1.807) is 0 Å². The first-order valence-electron chi connectivity index (χ1n) is 6.71. The van der Waals surface area contributed by atoms with Crippen LogP contribution in [0.2, 0.25) is 0 Å². The largest absolute Gasteiger partial charge is 0.481 e. The summed E-state index contributed by atoms with van der Waals surface area (Å²) in [6.45, 7) is 4.78. The van der Waals surface area contributed by atoms with Gasteiger partial charge in [-0.2, -0.15) is 0 Å². The predicted molar refractivity (Wildman–Crippen MR) is 71.7 cm³/mol. The van der Waals surface area contributed by atoms with Crippen molar-refractivity contribution >= 4 is 17.9 Å². The molecule has 0 bridgehead atoms. The maximum atomic E-state index is 11.3. The van der Waals surface area contributed by atoms with Crippen LogP contribution in [0.3, 0.4) is 0 Å². The molecule has 6 nitrogen and oxygen atoms in total. The Balaban J connectivity index is 3.53. The Morgan fingerprint density at radius 2 is 1.68 bits per heavy atom. The topological polar surface area (TPSA) is 95.5 Å². The molecule has 0 aliphatic rings. The Morgan fingerprint density at radius 3 is 2.26 bits per heavy atom. The minimum atomic E-state index is -0.872. The number of hydrogen-bond acceptors (Lipinski definition) is 3. The van der Waals surface area contributed by atoms with Gasteiger partial charge in [0.15, 0.2) is 0 Å². The summed E-state index contributed by atoms with van der Waals surface area (Å²) in [5.41, 5.74) is 0. The van der Waals surface area contributed by atoms with Crippen LogP contribution in [0.1, 0.15) is 52.4 Å². The number of imide groups is 1. The number of rotatable bonds is 9. The number of nitrogens with one attached hydrogen (secondary N) is 2. The molecular formula is C13H24N2O4. The van der Waals surface area contributed by atoms with E-state index in [0.29, 0.717) is 25.3 Å². The average molecular weight is 272 g/mol. The first-order valence-corrected chi connectivity index (χ1v) is 6.71. The monoisotopic (exact) mass is 272 g/mol. The van der Waals surface area contributed by atoms with Crippen LogP contribution >= 0.6 is 0 Å². The molecule has 0 rings (SSSR count). The molecule has 0 aromatic heterocycles. The van der Waals surface area contributed by atoms with E-state index in [1.807, 2.05) is 0 Å². The fourth-order valence-corrected chi connectivity index (χ4v) is 1.51. The van der Waals surface area contributed by atoms with Crippen LogP contribution in [0.15, 0.2) is 0 Å². The number of amides is 3. The van der Waals surface area contributed by atoms with E-state index in [1.165, 1.54) is 0 Å². The van der Waals surface area contributed by atoms with Crippen molar-refractivity contribution in [3.63, 3.8) is 0 Å². The maximum Gasteiger partial charge on any atom is 0.321 e. The summed E-state index contributed by atoms with van der Waals surface area (Å²) >= 11 is 0. The van der Waals surface area contributed by atoms with Gasteiger partial charge in [-0.3, -0.25) is 14.9 Å². The molecule has 110 valence electrons. The molecule has 0 aromatic rings. The molecule has 0 aliphatic carbocycles. The predicted octanol–water partition coefficient (Wildman–Crippen LogP) is 1.89. The third-order valence-corrected chi connectivity index (χ3v) is 2.54. The zero-order valence-electron chi connectivity index (χ0n) is 11.7. The molecule has 0 spiro atoms. The van der Waals surface area contributed by atoms with Gasteiger partial charge in [-0.1, -0.05) is 13.8 Å². The standard InChI is InChI=1S/C13H24N2O4/c1-10(2)6-5-9-14-13(19)15-11(16)7-3-4-8-12(17)18/h10H,3-9H2,1-2H3,(H,17,18)(H2,14,15,16,19). The third kappa shape index (κ3) is 12.7. The highest BCUT2D eigenvalue weighted by Gasteiger charge is 2.07. The van der Waals surface area contributed by atoms with Gasteiger partial charge in [0, 0.05) is 19.4 Å². The quantitative estimate of drug-likeness (QED) is 0.558. The molecule has 0 radical (unpaired) electrons. The van der Waals surface area contributed by atoms with Crippen molar-refractivity contribution in [1.29, 1.82) is 0 Å². The third-order valence-electron chi connectivity index (χ3n) is 2.54. The van der Waals surface area contributed by atoms with Crippen molar-refractivity contribution in [2.24, 2.45) is 5.92 Å². The summed E-state index contributed by atoms with van der Waals surface area (Å²) in [4.78, 5) is 32.9. The molecule has 0 fully saturated rings. The van der Waals surface area contributed by atoms with Crippen molar-refractivity contribution in [3.05, 3.63) is 0 Å². The lowest BCUT2D eigenvalue weighted by Crippen LogP contribution is -2.39. The molecule has 0 heterocycles. The van der Waals surface area contributed by atoms with E-state index >= 15 is 0 Å². The van der Waals surface area contributed by atoms with Gasteiger partial charge in [0.25, 0.3) is 0 Å². The summed E-state index contributed by atoms with van der Waals surface area (Å²) < 4.78 is 0. The van der Waals surface area contributed by atoms with Crippen LogP contribution in [-0.4, -0.2) is 29.6 Å². The average Bonchev–Trinajstić information content (AvgIpc) is 2.30. The minimum absolute atomic E-state index is 0.0503. The number of urea groups is 1. The van der Waals surface area contributed by atoms with Crippen molar-refractivity contribution in [1.82, 2.24) is 10.6 Å². The van der Waals surface area contributed by atoms with Crippen LogP contribution in [0.25, 0.3) is 0 Å². The van der Waals surface area contributed by atoms with Crippen molar-refractivity contribution in [2.75, 3.05) is 6.54 Å². The summed E-state index contributed by atoms with van der Waals surface area (Å²) in [5, 5.41) is 13.3. The summed E-state index contributed by atoms with van der Waals surface area (Å²) in [6, 6.07) is -0.480. The molecule has 0 unspecified atom stereocenters. The Kier molecular flexibility index (Phi) is 9.48. The zero-order valence-corrected chi connectivity index (χ0v) is 11.7. The second-order valence-electron chi connectivity index (χ2n) is 4.94. The van der Waals surface area contributed by atoms with Crippen LogP contribution in [0.4, 0.5) is 4.79 Å². The lowest BCUT2D eigenvalue weighted by molar-refractivity contribution is -0.137. The van der Waals surface area contributed by atoms with E-state index in [2.05, 4.69) is 24.5 Å². The fourth-order valence-electron chi connectivity index (χ4n) is 1.51. The lowest BCUT2D eigenvalue weighted by atomic mass is 10.1. The van der Waals surface area contributed by atoms with E-state index in [0.717, 1.165) is 12.8 Å². The van der Waals surface area contributed by atoms with E-state index in [-0.39, 0.29) is 18.7 Å². The molecule has 0 saturated heterocycles. The second kappa shape index (κ2) is 10.3. The molecule has 3 N–H and O–H groups in total. The number of hydrogen-bond donors (Lipinski definition) is 3. The highest BCUT2D eigenvalue weighted by Crippen LogP contribution is 2.01. The first kappa shape index (κ1) is 17.4. The van der Waals surface area contributed by atoms with Gasteiger partial charge in [0.05, 0.1) is 0 Å². The van der Waals surface area contributed by atoms with E-state index in [9.17, 15) is 14.4 Å². The van der Waals surface area contributed by atoms with E-state index < -0.39 is 12.0 Å². The smallest absolute Gasteiger partial charge is 0.321 e. The Bertz CT molecular complexity index is 303. The molecule has 6 heteroatoms. The van der Waals surface area contributed by atoms with E-state index in [4.69, 9.17) is 5.11 Å². The number of carbonyl (C=O) groups is 3. The SMILES string of the molecule is CC(C)CCCNC(=O)NC(=O)CCCCC(=O)O. The van der Waals surface area contributed by atoms with Crippen molar-refractivity contribution < 1.29 is 19.5 Å². The van der Waals surface area contributed by atoms with Gasteiger partial charge >= 0.3 is 12.0 Å². The van der Waals surface area contributed by atoms with Crippen molar-refractivity contribution in [3.8, 4) is 0 Å². The summed E-state index contributed by atoms with van der Waals surface area (Å²) in [7, 11) is 0. The van der Waals surface area contributed by atoms with Gasteiger partial charge in [-0.25, -0.2) is 4.79 Å². The normalized spacial score (nSPS) is 10.3. The number of carbonyl (C=O) groups excluding carboxylic acids is 2. The minimum Gasteiger partial charge on any atom is -0.481 e. The molecule has 0 aliphatic heterocycles. The van der Waals surface area contributed by atoms with Gasteiger partial charge in [0.2, 0.25) is 5.91 Å². The summed E-state index contributed by atoms with van der Waals surface area (Å²) in [6.07, 6.45) is 3.06. The number of carboxylic acid groups (broad SMARTS) is 1. The number of unbranched alkanes of at least 4 members (excludes halogenated alkanes) is 1. The van der Waals surface area contributed by atoms with Crippen LogP contribution in [0.5, 0.6) is 0 Å². The second-order valence-corrected chi connectivity index (χ2v) is 4.94. The fraction of sp³-hybridized carbons (Fsp3) is 0.769. The first-order chi connectivity index (χ1) is 8.91. The van der Waals surface area contributed by atoms with Gasteiger partial charge in [0.1, 0.15) is 0 Å². The summed E-state index contributed by atoms with van der Waals surface area (Å²) in [5.74, 6) is -0.643. The molecule has 0 aromatic carbocycles. The highest BCUT2D eigenvalue weighted by atomic mass is 16.4. The molecule has 0 atom stereocenters. The lowest BCUT2D eigenvalue weighted by Gasteiger charge is -2.07.